The van der Waals surface area contributed by atoms with Gasteiger partial charge >= 0.3 is 6.18 Å². The summed E-state index contributed by atoms with van der Waals surface area (Å²) in [5, 5.41) is 13.4. The van der Waals surface area contributed by atoms with Gasteiger partial charge in [0.15, 0.2) is 11.4 Å². The van der Waals surface area contributed by atoms with Gasteiger partial charge in [0.25, 0.3) is 5.89 Å². The van der Waals surface area contributed by atoms with Gasteiger partial charge in [-0.15, -0.1) is 0 Å². The van der Waals surface area contributed by atoms with Gasteiger partial charge < -0.3 is 19.1 Å². The maximum atomic E-state index is 13.8. The van der Waals surface area contributed by atoms with Crippen LogP contribution in [0.4, 0.5) is 17.6 Å². The van der Waals surface area contributed by atoms with Crippen molar-refractivity contribution in [3.63, 3.8) is 0 Å². The number of Topliss-reactive ketones (excluding diaryl/α,β-unsaturated/α-hetero) is 1. The van der Waals surface area contributed by atoms with Crippen LogP contribution in [-0.4, -0.2) is 27.6 Å². The lowest BCUT2D eigenvalue weighted by Crippen LogP contribution is -2.47. The van der Waals surface area contributed by atoms with Gasteiger partial charge in [0.2, 0.25) is 5.78 Å². The zero-order chi connectivity index (χ0) is 25.5. The van der Waals surface area contributed by atoms with E-state index in [0.717, 1.165) is 6.07 Å². The summed E-state index contributed by atoms with van der Waals surface area (Å²) in [5.41, 5.74) is -2.43. The number of fused-ring (bicyclic) bond motifs is 1. The topological polar surface area (TPSA) is 94.7 Å². The van der Waals surface area contributed by atoms with E-state index < -0.39 is 28.9 Å². The third-order valence-corrected chi connectivity index (χ3v) is 5.65. The molecule has 1 aliphatic rings. The van der Waals surface area contributed by atoms with E-state index >= 15 is 0 Å². The maximum Gasteiger partial charge on any atom is 0.416 e. The molecule has 2 heterocycles. The first kappa shape index (κ1) is 23.5. The minimum atomic E-state index is -4.77. The molecule has 184 valence electrons. The number of hydrogen-bond donors (Lipinski definition) is 1. The number of phenols is 1. The summed E-state index contributed by atoms with van der Waals surface area (Å²) in [6.07, 6.45) is -4.77. The molecule has 1 aliphatic heterocycles. The Balaban J connectivity index is 1.45. The van der Waals surface area contributed by atoms with Crippen LogP contribution in [0.15, 0.2) is 71.3 Å². The zero-order valence-corrected chi connectivity index (χ0v) is 18.3. The molecule has 1 aromatic heterocycles. The molecule has 3 aromatic carbocycles. The highest BCUT2D eigenvalue weighted by molar-refractivity contribution is 6.06. The number of phenolic OH excluding ortho intramolecular Hbond substituents is 1. The van der Waals surface area contributed by atoms with Gasteiger partial charge in [-0.05, 0) is 48.0 Å². The fourth-order valence-corrected chi connectivity index (χ4v) is 3.87. The lowest BCUT2D eigenvalue weighted by atomic mass is 9.84. The maximum absolute atomic E-state index is 13.8. The third-order valence-electron chi connectivity index (χ3n) is 5.65. The number of rotatable bonds is 5. The average molecular weight is 500 g/mol. The molecular weight excluding hydrogens is 484 g/mol. The van der Waals surface area contributed by atoms with E-state index in [-0.39, 0.29) is 41.8 Å². The molecule has 11 heteroatoms. The molecule has 0 bridgehead atoms. The molecule has 0 aliphatic carbocycles. The lowest BCUT2D eigenvalue weighted by molar-refractivity contribution is -0.137. The van der Waals surface area contributed by atoms with Gasteiger partial charge in [0.05, 0.1) is 11.1 Å². The van der Waals surface area contributed by atoms with Crippen molar-refractivity contribution in [2.24, 2.45) is 0 Å². The molecule has 0 spiro atoms. The summed E-state index contributed by atoms with van der Waals surface area (Å²) in [7, 11) is 0. The van der Waals surface area contributed by atoms with Crippen LogP contribution in [0.2, 0.25) is 0 Å². The number of carbonyl (C=O) groups excluding carboxylic acids is 1. The van der Waals surface area contributed by atoms with Gasteiger partial charge in [-0.3, -0.25) is 4.79 Å². The molecule has 1 atom stereocenters. The van der Waals surface area contributed by atoms with Gasteiger partial charge in [-0.25, -0.2) is 4.39 Å². The standard InChI is InChI=1S/C25H16F4N2O5/c26-17-10-14(9-16(11-17)25(27,28)29)23-30-21(31-36-23)12-35-24(15-5-7-18(32)8-6-15)13-34-20-4-2-1-3-19(20)22(24)33/h1-11,32H,12-13H2. The van der Waals surface area contributed by atoms with E-state index in [9.17, 15) is 27.5 Å². The smallest absolute Gasteiger partial charge is 0.416 e. The Morgan fingerprint density at radius 1 is 1.06 bits per heavy atom. The summed E-state index contributed by atoms with van der Waals surface area (Å²) in [6.45, 7) is -0.583. The van der Waals surface area contributed by atoms with E-state index in [1.807, 2.05) is 0 Å². The molecule has 1 unspecified atom stereocenters. The number of aromatic nitrogens is 2. The molecule has 0 amide bonds. The lowest BCUT2D eigenvalue weighted by Gasteiger charge is -2.36. The summed E-state index contributed by atoms with van der Waals surface area (Å²) >= 11 is 0. The zero-order valence-electron chi connectivity index (χ0n) is 18.3. The molecule has 0 saturated heterocycles. The molecule has 7 nitrogen and oxygen atoms in total. The van der Waals surface area contributed by atoms with E-state index in [1.54, 1.807) is 24.3 Å². The SMILES string of the molecule is O=C1c2ccccc2OCC1(OCc1noc(-c2cc(F)cc(C(F)(F)F)c2)n1)c1ccc(O)cc1. The van der Waals surface area contributed by atoms with Crippen molar-refractivity contribution in [2.45, 2.75) is 18.4 Å². The minimum absolute atomic E-state index is 0.0189. The van der Waals surface area contributed by atoms with E-state index in [1.165, 1.54) is 24.3 Å². The van der Waals surface area contributed by atoms with E-state index in [0.29, 0.717) is 23.4 Å². The normalized spacial score (nSPS) is 17.5. The summed E-state index contributed by atoms with van der Waals surface area (Å²) < 4.78 is 69.8. The summed E-state index contributed by atoms with van der Waals surface area (Å²) in [5.74, 6) is -1.60. The second kappa shape index (κ2) is 8.76. The van der Waals surface area contributed by atoms with Crippen molar-refractivity contribution < 1.29 is 41.5 Å². The quantitative estimate of drug-likeness (QED) is 0.372. The van der Waals surface area contributed by atoms with Crippen LogP contribution < -0.4 is 4.74 Å². The first-order valence-electron chi connectivity index (χ1n) is 10.6. The predicted octanol–water partition coefficient (Wildman–Crippen LogP) is 5.29. The van der Waals surface area contributed by atoms with Crippen molar-refractivity contribution in [3.05, 3.63) is 95.1 Å². The van der Waals surface area contributed by atoms with Crippen LogP contribution >= 0.6 is 0 Å². The number of nitrogens with zero attached hydrogens (tertiary/aromatic N) is 2. The number of aromatic hydroxyl groups is 1. The van der Waals surface area contributed by atoms with E-state index in [4.69, 9.17) is 14.0 Å². The molecule has 0 saturated carbocycles. The number of ether oxygens (including phenoxy) is 2. The third kappa shape index (κ3) is 4.29. The second-order valence-electron chi connectivity index (χ2n) is 8.02. The second-order valence-corrected chi connectivity index (χ2v) is 8.02. The summed E-state index contributed by atoms with van der Waals surface area (Å²) in [6, 6.07) is 14.3. The highest BCUT2D eigenvalue weighted by atomic mass is 19.4. The Morgan fingerprint density at radius 2 is 1.81 bits per heavy atom. The van der Waals surface area contributed by atoms with Gasteiger partial charge in [-0.2, -0.15) is 18.2 Å². The molecule has 5 rings (SSSR count). The van der Waals surface area contributed by atoms with Crippen LogP contribution in [-0.2, 0) is 23.1 Å². The van der Waals surface area contributed by atoms with Gasteiger partial charge in [-0.1, -0.05) is 29.4 Å². The van der Waals surface area contributed by atoms with Crippen molar-refractivity contribution in [2.75, 3.05) is 6.61 Å². The fraction of sp³-hybridized carbons (Fsp3) is 0.160. The highest BCUT2D eigenvalue weighted by Crippen LogP contribution is 2.39. The largest absolute Gasteiger partial charge is 0.508 e. The van der Waals surface area contributed by atoms with Gasteiger partial charge in [0.1, 0.15) is 30.5 Å². The van der Waals surface area contributed by atoms with Crippen molar-refractivity contribution in [3.8, 4) is 23.0 Å². The molecule has 4 aromatic rings. The fourth-order valence-electron chi connectivity index (χ4n) is 3.87. The van der Waals surface area contributed by atoms with E-state index in [2.05, 4.69) is 10.1 Å². The van der Waals surface area contributed by atoms with Crippen molar-refractivity contribution >= 4 is 5.78 Å². The molecule has 1 N–H and O–H groups in total. The number of alkyl halides is 3. The van der Waals surface area contributed by atoms with Crippen LogP contribution in [0.3, 0.4) is 0 Å². The van der Waals surface area contributed by atoms with Crippen molar-refractivity contribution in [1.82, 2.24) is 10.1 Å². The first-order valence-corrected chi connectivity index (χ1v) is 10.6. The van der Waals surface area contributed by atoms with Crippen molar-refractivity contribution in [1.29, 1.82) is 0 Å². The number of hydrogen-bond acceptors (Lipinski definition) is 7. The van der Waals surface area contributed by atoms with Crippen LogP contribution in [0.25, 0.3) is 11.5 Å². The predicted molar refractivity (Wildman–Crippen MR) is 116 cm³/mol. The van der Waals surface area contributed by atoms with Crippen LogP contribution in [0, 0.1) is 5.82 Å². The molecule has 36 heavy (non-hydrogen) atoms. The Kier molecular flexibility index (Phi) is 5.71. The first-order chi connectivity index (χ1) is 17.2. The van der Waals surface area contributed by atoms with Gasteiger partial charge in [0, 0.05) is 5.56 Å². The molecular formula is C25H16F4N2O5. The van der Waals surface area contributed by atoms with Crippen LogP contribution in [0.1, 0.15) is 27.3 Å². The summed E-state index contributed by atoms with van der Waals surface area (Å²) in [4.78, 5) is 17.6. The highest BCUT2D eigenvalue weighted by Gasteiger charge is 2.47. The number of carbonyl (C=O) groups is 1. The monoisotopic (exact) mass is 500 g/mol. The molecule has 0 radical (unpaired) electrons. The number of benzene rings is 3. The number of ketones is 1. The van der Waals surface area contributed by atoms with Crippen LogP contribution in [0.5, 0.6) is 11.5 Å². The number of halogens is 4. The Morgan fingerprint density at radius 3 is 2.56 bits per heavy atom. The Bertz CT molecular complexity index is 1440. The number of para-hydroxylation sites is 1. The average Bonchev–Trinajstić information content (AvgIpc) is 3.33. The molecule has 0 fully saturated rings. The Hall–Kier alpha value is -4.25. The minimum Gasteiger partial charge on any atom is -0.508 e. The Labute approximate surface area is 200 Å².